The van der Waals surface area contributed by atoms with Crippen LogP contribution in [0.2, 0.25) is 10.0 Å². The Balaban J connectivity index is 1.86. The molecule has 1 aliphatic carbocycles. The van der Waals surface area contributed by atoms with Gasteiger partial charge in [-0.25, -0.2) is 4.39 Å². The van der Waals surface area contributed by atoms with Crippen molar-refractivity contribution < 1.29 is 13.9 Å². The first-order chi connectivity index (χ1) is 11.5. The van der Waals surface area contributed by atoms with Crippen LogP contribution in [-0.4, -0.2) is 24.0 Å². The van der Waals surface area contributed by atoms with E-state index in [1.54, 1.807) is 29.2 Å². The molecule has 1 amide bonds. The summed E-state index contributed by atoms with van der Waals surface area (Å²) in [4.78, 5) is 14.7. The van der Waals surface area contributed by atoms with Crippen LogP contribution in [0.4, 0.5) is 4.39 Å². The highest BCUT2D eigenvalue weighted by molar-refractivity contribution is 6.37. The Morgan fingerprint density at radius 3 is 2.29 bits per heavy atom. The molecule has 0 bridgehead atoms. The highest BCUT2D eigenvalue weighted by Gasteiger charge is 2.33. The van der Waals surface area contributed by atoms with Crippen molar-refractivity contribution >= 4 is 29.1 Å². The van der Waals surface area contributed by atoms with Crippen molar-refractivity contribution in [3.63, 3.8) is 0 Å². The van der Waals surface area contributed by atoms with Crippen LogP contribution in [0.3, 0.4) is 0 Å². The number of carbonyl (C=O) groups is 1. The largest absolute Gasteiger partial charge is 0.494 e. The van der Waals surface area contributed by atoms with Gasteiger partial charge in [0.25, 0.3) is 5.91 Å². The van der Waals surface area contributed by atoms with Gasteiger partial charge in [0.1, 0.15) is 5.82 Å². The number of nitrogens with zero attached hydrogens (tertiary/aromatic N) is 1. The Hall–Kier alpha value is -1.78. The number of hydrogen-bond donors (Lipinski definition) is 0. The molecule has 0 atom stereocenters. The molecule has 24 heavy (non-hydrogen) atoms. The fraction of sp³-hybridized carbons (Fsp3) is 0.278. The Kier molecular flexibility index (Phi) is 4.97. The first kappa shape index (κ1) is 17.1. The van der Waals surface area contributed by atoms with Crippen molar-refractivity contribution in [1.29, 1.82) is 0 Å². The van der Waals surface area contributed by atoms with Crippen LogP contribution < -0.4 is 4.74 Å². The van der Waals surface area contributed by atoms with E-state index in [0.717, 1.165) is 18.4 Å². The van der Waals surface area contributed by atoms with Crippen LogP contribution >= 0.6 is 23.2 Å². The van der Waals surface area contributed by atoms with Gasteiger partial charge in [-0.1, -0.05) is 35.3 Å². The van der Waals surface area contributed by atoms with Gasteiger partial charge in [0.2, 0.25) is 0 Å². The summed E-state index contributed by atoms with van der Waals surface area (Å²) in [5.41, 5.74) is 1.29. The number of halogens is 3. The highest BCUT2D eigenvalue weighted by atomic mass is 35.5. The molecule has 0 aliphatic heterocycles. The zero-order valence-electron chi connectivity index (χ0n) is 13.1. The fourth-order valence-electron chi connectivity index (χ4n) is 2.58. The summed E-state index contributed by atoms with van der Waals surface area (Å²) in [6.07, 6.45) is 1.93. The lowest BCUT2D eigenvalue weighted by Crippen LogP contribution is -2.32. The van der Waals surface area contributed by atoms with E-state index in [1.165, 1.54) is 19.2 Å². The lowest BCUT2D eigenvalue weighted by Gasteiger charge is -2.23. The minimum absolute atomic E-state index is 0.145. The van der Waals surface area contributed by atoms with E-state index in [4.69, 9.17) is 27.9 Å². The maximum Gasteiger partial charge on any atom is 0.254 e. The first-order valence-corrected chi connectivity index (χ1v) is 8.33. The zero-order valence-corrected chi connectivity index (χ0v) is 14.6. The van der Waals surface area contributed by atoms with Crippen LogP contribution in [0, 0.1) is 5.82 Å². The second kappa shape index (κ2) is 6.99. The smallest absolute Gasteiger partial charge is 0.254 e. The molecule has 0 heterocycles. The molecule has 1 aliphatic rings. The molecular formula is C18H16Cl2FNO2. The summed E-state index contributed by atoms with van der Waals surface area (Å²) in [7, 11) is 1.47. The van der Waals surface area contributed by atoms with Crippen LogP contribution in [0.5, 0.6) is 5.75 Å². The van der Waals surface area contributed by atoms with Gasteiger partial charge in [-0.15, -0.1) is 0 Å². The maximum absolute atomic E-state index is 13.1. The van der Waals surface area contributed by atoms with E-state index in [-0.39, 0.29) is 17.8 Å². The summed E-state index contributed by atoms with van der Waals surface area (Å²) >= 11 is 12.3. The summed E-state index contributed by atoms with van der Waals surface area (Å²) in [5, 5.41) is 0.594. The molecule has 1 saturated carbocycles. The molecule has 126 valence electrons. The third kappa shape index (κ3) is 3.65. The number of benzene rings is 2. The molecule has 3 nitrogen and oxygen atoms in total. The molecule has 1 fully saturated rings. The number of hydrogen-bond acceptors (Lipinski definition) is 2. The van der Waals surface area contributed by atoms with Gasteiger partial charge in [0.15, 0.2) is 5.75 Å². The van der Waals surface area contributed by atoms with E-state index in [0.29, 0.717) is 27.9 Å². The van der Waals surface area contributed by atoms with Crippen molar-refractivity contribution in [2.24, 2.45) is 0 Å². The van der Waals surface area contributed by atoms with Gasteiger partial charge in [-0.2, -0.15) is 0 Å². The first-order valence-electron chi connectivity index (χ1n) is 7.58. The molecule has 0 aromatic heterocycles. The standard InChI is InChI=1S/C18H16Cl2FNO2/c1-24-17-15(19)8-12(9-16(17)20)18(23)22(14-6-7-14)10-11-2-4-13(21)5-3-11/h2-5,8-9,14H,6-7,10H2,1H3. The Labute approximate surface area is 149 Å². The number of ether oxygens (including phenoxy) is 1. The second-order valence-electron chi connectivity index (χ2n) is 5.76. The van der Waals surface area contributed by atoms with Gasteiger partial charge in [0.05, 0.1) is 17.2 Å². The van der Waals surface area contributed by atoms with Gasteiger partial charge in [0, 0.05) is 18.2 Å². The Bertz CT molecular complexity index is 737. The van der Waals surface area contributed by atoms with Crippen LogP contribution in [0.15, 0.2) is 36.4 Å². The minimum atomic E-state index is -0.295. The molecule has 3 rings (SSSR count). The number of methoxy groups -OCH3 is 1. The van der Waals surface area contributed by atoms with Crippen LogP contribution in [-0.2, 0) is 6.54 Å². The van der Waals surface area contributed by atoms with E-state index >= 15 is 0 Å². The molecule has 0 spiro atoms. The summed E-state index contributed by atoms with van der Waals surface area (Å²) < 4.78 is 18.2. The average molecular weight is 368 g/mol. The van der Waals surface area contributed by atoms with Crippen molar-refractivity contribution in [2.75, 3.05) is 7.11 Å². The zero-order chi connectivity index (χ0) is 17.3. The van der Waals surface area contributed by atoms with Crippen LogP contribution in [0.25, 0.3) is 0 Å². The average Bonchev–Trinajstić information content (AvgIpc) is 3.38. The van der Waals surface area contributed by atoms with Crippen molar-refractivity contribution in [2.45, 2.75) is 25.4 Å². The molecule has 0 N–H and O–H groups in total. The van der Waals surface area contributed by atoms with E-state index in [9.17, 15) is 9.18 Å². The fourth-order valence-corrected chi connectivity index (χ4v) is 3.23. The number of rotatable bonds is 5. The maximum atomic E-state index is 13.1. The molecule has 0 saturated heterocycles. The lowest BCUT2D eigenvalue weighted by atomic mass is 10.1. The van der Waals surface area contributed by atoms with Crippen molar-refractivity contribution in [3.05, 3.63) is 63.4 Å². The van der Waals surface area contributed by atoms with Gasteiger partial charge in [-0.05, 0) is 42.7 Å². The van der Waals surface area contributed by atoms with Gasteiger partial charge >= 0.3 is 0 Å². The number of amides is 1. The molecule has 0 unspecified atom stereocenters. The predicted octanol–water partition coefficient (Wildman–Crippen LogP) is 4.95. The molecule has 0 radical (unpaired) electrons. The lowest BCUT2D eigenvalue weighted by molar-refractivity contribution is 0.0730. The van der Waals surface area contributed by atoms with E-state index in [2.05, 4.69) is 0 Å². The quantitative estimate of drug-likeness (QED) is 0.748. The van der Waals surface area contributed by atoms with Crippen LogP contribution in [0.1, 0.15) is 28.8 Å². The van der Waals surface area contributed by atoms with E-state index in [1.807, 2.05) is 0 Å². The molecule has 2 aromatic carbocycles. The third-order valence-corrected chi connectivity index (χ3v) is 4.53. The van der Waals surface area contributed by atoms with Crippen molar-refractivity contribution in [1.82, 2.24) is 4.90 Å². The topological polar surface area (TPSA) is 29.5 Å². The van der Waals surface area contributed by atoms with Gasteiger partial charge < -0.3 is 9.64 Å². The van der Waals surface area contributed by atoms with Gasteiger partial charge in [-0.3, -0.25) is 4.79 Å². The predicted molar refractivity (Wildman–Crippen MR) is 92.3 cm³/mol. The SMILES string of the molecule is COc1c(Cl)cc(C(=O)N(Cc2ccc(F)cc2)C2CC2)cc1Cl. The summed E-state index contributed by atoms with van der Waals surface area (Å²) in [6.45, 7) is 0.422. The summed E-state index contributed by atoms with van der Waals surface area (Å²) in [5.74, 6) is -0.0866. The number of carbonyl (C=O) groups excluding carboxylic acids is 1. The third-order valence-electron chi connectivity index (χ3n) is 3.96. The second-order valence-corrected chi connectivity index (χ2v) is 6.58. The molecule has 6 heteroatoms. The minimum Gasteiger partial charge on any atom is -0.494 e. The summed E-state index contributed by atoms with van der Waals surface area (Å²) in [6, 6.07) is 9.49. The Morgan fingerprint density at radius 2 is 1.79 bits per heavy atom. The normalized spacial score (nSPS) is 13.7. The monoisotopic (exact) mass is 367 g/mol. The Morgan fingerprint density at radius 1 is 1.21 bits per heavy atom. The van der Waals surface area contributed by atoms with E-state index < -0.39 is 0 Å². The highest BCUT2D eigenvalue weighted by Crippen LogP contribution is 2.36. The van der Waals surface area contributed by atoms with Crippen molar-refractivity contribution in [3.8, 4) is 5.75 Å². The molecule has 2 aromatic rings. The molecular weight excluding hydrogens is 352 g/mol.